The first-order valence-corrected chi connectivity index (χ1v) is 7.79. The molecule has 0 aromatic heterocycles. The van der Waals surface area contributed by atoms with Crippen molar-refractivity contribution in [2.75, 3.05) is 6.54 Å². The maximum absolute atomic E-state index is 12.9. The molecule has 1 aromatic carbocycles. The molecule has 0 N–H and O–H groups in total. The molecule has 0 saturated heterocycles. The highest BCUT2D eigenvalue weighted by Crippen LogP contribution is 2.44. The number of allylic oxidation sites excluding steroid dienone is 2. The molecule has 3 atom stereocenters. The Morgan fingerprint density at radius 2 is 2.00 bits per heavy atom. The molecule has 110 valence electrons. The molecule has 2 nitrogen and oxygen atoms in total. The molecular weight excluding hydrogens is 258 g/mol. The normalized spacial score (nSPS) is 26.0. The summed E-state index contributed by atoms with van der Waals surface area (Å²) in [5, 5.41) is 0. The fraction of sp³-hybridized carbons (Fsp3) is 0.421. The topological polar surface area (TPSA) is 20.3 Å². The number of carbonyl (C=O) groups is 1. The summed E-state index contributed by atoms with van der Waals surface area (Å²) in [5.74, 6) is 1.58. The van der Waals surface area contributed by atoms with E-state index >= 15 is 0 Å². The Balaban J connectivity index is 1.74. The van der Waals surface area contributed by atoms with E-state index in [9.17, 15) is 4.79 Å². The van der Waals surface area contributed by atoms with Crippen LogP contribution in [0.4, 0.5) is 0 Å². The molecule has 2 aliphatic rings. The Morgan fingerprint density at radius 3 is 2.57 bits per heavy atom. The van der Waals surface area contributed by atoms with E-state index in [0.29, 0.717) is 30.8 Å². The van der Waals surface area contributed by atoms with Crippen molar-refractivity contribution in [2.45, 2.75) is 26.3 Å². The number of fused-ring (bicyclic) bond motifs is 2. The molecule has 0 radical (unpaired) electrons. The zero-order valence-corrected chi connectivity index (χ0v) is 12.7. The molecule has 21 heavy (non-hydrogen) atoms. The lowest BCUT2D eigenvalue weighted by Crippen LogP contribution is -2.38. The predicted molar refractivity (Wildman–Crippen MR) is 85.5 cm³/mol. The van der Waals surface area contributed by atoms with E-state index in [4.69, 9.17) is 0 Å². The second kappa shape index (κ2) is 5.88. The van der Waals surface area contributed by atoms with Crippen LogP contribution in [0.2, 0.25) is 0 Å². The average Bonchev–Trinajstić information content (AvgIpc) is 3.09. The first-order valence-electron chi connectivity index (χ1n) is 7.79. The monoisotopic (exact) mass is 281 g/mol. The minimum Gasteiger partial charge on any atom is -0.334 e. The number of nitrogens with zero attached hydrogens (tertiary/aromatic N) is 1. The molecule has 0 spiro atoms. The fourth-order valence-electron chi connectivity index (χ4n) is 3.64. The number of hydrogen-bond donors (Lipinski definition) is 0. The quantitative estimate of drug-likeness (QED) is 0.752. The van der Waals surface area contributed by atoms with Crippen molar-refractivity contribution in [3.05, 3.63) is 60.2 Å². The van der Waals surface area contributed by atoms with E-state index in [2.05, 4.69) is 30.9 Å². The van der Waals surface area contributed by atoms with Gasteiger partial charge in [-0.1, -0.05) is 54.6 Å². The summed E-state index contributed by atoms with van der Waals surface area (Å²) >= 11 is 0. The van der Waals surface area contributed by atoms with E-state index in [0.717, 1.165) is 12.0 Å². The van der Waals surface area contributed by atoms with Crippen molar-refractivity contribution in [1.82, 2.24) is 4.90 Å². The van der Waals surface area contributed by atoms with Gasteiger partial charge in [0, 0.05) is 19.0 Å². The van der Waals surface area contributed by atoms with E-state index in [1.807, 2.05) is 30.0 Å². The van der Waals surface area contributed by atoms with E-state index in [1.54, 1.807) is 0 Å². The lowest BCUT2D eigenvalue weighted by atomic mass is 9.92. The largest absolute Gasteiger partial charge is 0.334 e. The van der Waals surface area contributed by atoms with Gasteiger partial charge >= 0.3 is 0 Å². The van der Waals surface area contributed by atoms with Crippen LogP contribution in [-0.4, -0.2) is 17.4 Å². The lowest BCUT2D eigenvalue weighted by Gasteiger charge is -2.28. The third kappa shape index (κ3) is 3.10. The number of rotatable bonds is 5. The van der Waals surface area contributed by atoms with Gasteiger partial charge in [0.1, 0.15) is 0 Å². The summed E-state index contributed by atoms with van der Waals surface area (Å²) in [7, 11) is 0. The average molecular weight is 281 g/mol. The molecule has 2 heteroatoms. The second-order valence-electron chi connectivity index (χ2n) is 6.52. The lowest BCUT2D eigenvalue weighted by molar-refractivity contribution is -0.136. The van der Waals surface area contributed by atoms with Crippen molar-refractivity contribution in [3.63, 3.8) is 0 Å². The molecule has 0 unspecified atom stereocenters. The Kier molecular flexibility index (Phi) is 3.96. The Hall–Kier alpha value is -1.83. The fourth-order valence-corrected chi connectivity index (χ4v) is 3.64. The van der Waals surface area contributed by atoms with E-state index in [-0.39, 0.29) is 5.92 Å². The summed E-state index contributed by atoms with van der Waals surface area (Å²) in [6.45, 7) is 7.32. The van der Waals surface area contributed by atoms with Gasteiger partial charge < -0.3 is 4.90 Å². The first kappa shape index (κ1) is 14.1. The van der Waals surface area contributed by atoms with Gasteiger partial charge in [-0.25, -0.2) is 0 Å². The van der Waals surface area contributed by atoms with Crippen molar-refractivity contribution in [2.24, 2.45) is 17.8 Å². The number of carbonyl (C=O) groups excluding carboxylic acids is 1. The molecule has 1 fully saturated rings. The molecule has 1 aromatic rings. The molecular formula is C19H23NO. The van der Waals surface area contributed by atoms with Gasteiger partial charge in [0.05, 0.1) is 0 Å². The SMILES string of the molecule is C=C(C)CN(Cc1ccccc1)C(=O)[C@H]1C[C@H]2C=C[C@@H]1C2. The summed E-state index contributed by atoms with van der Waals surface area (Å²) in [4.78, 5) is 14.9. The van der Waals surface area contributed by atoms with Gasteiger partial charge in [0.2, 0.25) is 5.91 Å². The van der Waals surface area contributed by atoms with Crippen LogP contribution in [-0.2, 0) is 11.3 Å². The zero-order valence-electron chi connectivity index (χ0n) is 12.7. The second-order valence-corrected chi connectivity index (χ2v) is 6.52. The zero-order chi connectivity index (χ0) is 14.8. The van der Waals surface area contributed by atoms with Crippen LogP contribution in [0, 0.1) is 17.8 Å². The summed E-state index contributed by atoms with van der Waals surface area (Å²) in [5.41, 5.74) is 2.23. The van der Waals surface area contributed by atoms with Crippen LogP contribution >= 0.6 is 0 Å². The molecule has 0 heterocycles. The van der Waals surface area contributed by atoms with Crippen molar-refractivity contribution >= 4 is 5.91 Å². The minimum atomic E-state index is 0.183. The van der Waals surface area contributed by atoms with Gasteiger partial charge in [-0.15, -0.1) is 0 Å². The van der Waals surface area contributed by atoms with Gasteiger partial charge in [0.25, 0.3) is 0 Å². The maximum Gasteiger partial charge on any atom is 0.226 e. The molecule has 2 bridgehead atoms. The van der Waals surface area contributed by atoms with Crippen molar-refractivity contribution in [1.29, 1.82) is 0 Å². The van der Waals surface area contributed by atoms with Crippen LogP contribution in [0.3, 0.4) is 0 Å². The van der Waals surface area contributed by atoms with E-state index < -0.39 is 0 Å². The van der Waals surface area contributed by atoms with Gasteiger partial charge in [-0.05, 0) is 37.2 Å². The van der Waals surface area contributed by atoms with Crippen molar-refractivity contribution < 1.29 is 4.79 Å². The van der Waals surface area contributed by atoms with Crippen LogP contribution in [0.1, 0.15) is 25.3 Å². The first-order chi connectivity index (χ1) is 10.1. The number of amides is 1. The van der Waals surface area contributed by atoms with Gasteiger partial charge in [-0.2, -0.15) is 0 Å². The van der Waals surface area contributed by atoms with Gasteiger partial charge in [0.15, 0.2) is 0 Å². The Labute approximate surface area is 127 Å². The highest BCUT2D eigenvalue weighted by molar-refractivity contribution is 5.80. The molecule has 1 saturated carbocycles. The number of hydrogen-bond acceptors (Lipinski definition) is 1. The summed E-state index contributed by atoms with van der Waals surface area (Å²) < 4.78 is 0. The third-order valence-electron chi connectivity index (χ3n) is 4.58. The highest BCUT2D eigenvalue weighted by atomic mass is 16.2. The smallest absolute Gasteiger partial charge is 0.226 e. The molecule has 2 aliphatic carbocycles. The summed E-state index contributed by atoms with van der Waals surface area (Å²) in [6, 6.07) is 10.2. The van der Waals surface area contributed by atoms with Crippen LogP contribution in [0.25, 0.3) is 0 Å². The van der Waals surface area contributed by atoms with Gasteiger partial charge in [-0.3, -0.25) is 4.79 Å². The molecule has 0 aliphatic heterocycles. The van der Waals surface area contributed by atoms with E-state index in [1.165, 1.54) is 12.0 Å². The minimum absolute atomic E-state index is 0.183. The van der Waals surface area contributed by atoms with Crippen molar-refractivity contribution in [3.8, 4) is 0 Å². The highest BCUT2D eigenvalue weighted by Gasteiger charge is 2.41. The predicted octanol–water partition coefficient (Wildman–Crippen LogP) is 3.80. The van der Waals surface area contributed by atoms with Crippen LogP contribution in [0.5, 0.6) is 0 Å². The molecule has 3 rings (SSSR count). The Bertz CT molecular complexity index is 560. The van der Waals surface area contributed by atoms with Crippen LogP contribution in [0.15, 0.2) is 54.6 Å². The number of benzene rings is 1. The maximum atomic E-state index is 12.9. The third-order valence-corrected chi connectivity index (χ3v) is 4.58. The Morgan fingerprint density at radius 1 is 1.24 bits per heavy atom. The van der Waals surface area contributed by atoms with Crippen LogP contribution < -0.4 is 0 Å². The molecule has 1 amide bonds. The summed E-state index contributed by atoms with van der Waals surface area (Å²) in [6.07, 6.45) is 6.73. The standard InChI is InChI=1S/C19H23NO/c1-14(2)12-20(13-15-6-4-3-5-7-15)19(21)18-11-16-8-9-17(18)10-16/h3-9,16-18H,1,10-13H2,2H3/t16-,17+,18-/m0/s1.